The highest BCUT2D eigenvalue weighted by atomic mass is 16.5. The molecule has 3 nitrogen and oxygen atoms in total. The number of hydrogen-bond donors (Lipinski definition) is 0. The summed E-state index contributed by atoms with van der Waals surface area (Å²) >= 11 is 0. The van der Waals surface area contributed by atoms with Crippen molar-refractivity contribution in [3.05, 3.63) is 0 Å². The standard InChI is InChI=1S/C7H11NO2/c1-6(5-8)7(9)3-4-10-2/h6H,3-4H2,1-2H3/t6-/m0/s1. The van der Waals surface area contributed by atoms with Crippen molar-refractivity contribution in [3.8, 4) is 6.07 Å². The van der Waals surface area contributed by atoms with Gasteiger partial charge in [-0.1, -0.05) is 0 Å². The van der Waals surface area contributed by atoms with Crippen LogP contribution in [0, 0.1) is 17.2 Å². The maximum Gasteiger partial charge on any atom is 0.152 e. The lowest BCUT2D eigenvalue weighted by Crippen LogP contribution is -2.10. The van der Waals surface area contributed by atoms with E-state index in [2.05, 4.69) is 4.74 Å². The Bertz CT molecular complexity index is 148. The molecule has 0 bridgehead atoms. The monoisotopic (exact) mass is 141 g/mol. The molecular formula is C7H11NO2. The largest absolute Gasteiger partial charge is 0.384 e. The highest BCUT2D eigenvalue weighted by Gasteiger charge is 2.09. The maximum atomic E-state index is 10.8. The average molecular weight is 141 g/mol. The van der Waals surface area contributed by atoms with Gasteiger partial charge in [-0.05, 0) is 6.92 Å². The number of methoxy groups -OCH3 is 1. The molecule has 0 heterocycles. The predicted octanol–water partition coefficient (Wildman–Crippen LogP) is 0.752. The molecular weight excluding hydrogens is 130 g/mol. The van der Waals surface area contributed by atoms with Crippen LogP contribution in [0.25, 0.3) is 0 Å². The smallest absolute Gasteiger partial charge is 0.152 e. The van der Waals surface area contributed by atoms with E-state index in [-0.39, 0.29) is 5.78 Å². The third-order valence-electron chi connectivity index (χ3n) is 1.23. The van der Waals surface area contributed by atoms with Crippen LogP contribution in [0.5, 0.6) is 0 Å². The summed E-state index contributed by atoms with van der Waals surface area (Å²) in [5, 5.41) is 8.29. The van der Waals surface area contributed by atoms with E-state index in [0.29, 0.717) is 13.0 Å². The van der Waals surface area contributed by atoms with Crippen molar-refractivity contribution in [2.75, 3.05) is 13.7 Å². The predicted molar refractivity (Wildman–Crippen MR) is 36.3 cm³/mol. The average Bonchev–Trinajstić information content (AvgIpc) is 1.98. The topological polar surface area (TPSA) is 50.1 Å². The van der Waals surface area contributed by atoms with Crippen molar-refractivity contribution in [1.29, 1.82) is 5.26 Å². The molecule has 0 saturated carbocycles. The van der Waals surface area contributed by atoms with Crippen LogP contribution in [0.3, 0.4) is 0 Å². The Morgan fingerprint density at radius 3 is 2.80 bits per heavy atom. The van der Waals surface area contributed by atoms with E-state index < -0.39 is 5.92 Å². The molecule has 0 aromatic rings. The summed E-state index contributed by atoms with van der Waals surface area (Å²) in [4.78, 5) is 10.8. The number of rotatable bonds is 4. The maximum absolute atomic E-state index is 10.8. The zero-order valence-corrected chi connectivity index (χ0v) is 6.26. The van der Waals surface area contributed by atoms with Crippen LogP contribution >= 0.6 is 0 Å². The first-order chi connectivity index (χ1) is 4.72. The van der Waals surface area contributed by atoms with Gasteiger partial charge in [-0.2, -0.15) is 5.26 Å². The molecule has 0 radical (unpaired) electrons. The Hall–Kier alpha value is -0.880. The van der Waals surface area contributed by atoms with Gasteiger partial charge in [0.25, 0.3) is 0 Å². The van der Waals surface area contributed by atoms with Crippen molar-refractivity contribution in [1.82, 2.24) is 0 Å². The lowest BCUT2D eigenvalue weighted by Gasteiger charge is -1.99. The van der Waals surface area contributed by atoms with Gasteiger partial charge in [-0.15, -0.1) is 0 Å². The van der Waals surface area contributed by atoms with Gasteiger partial charge in [0.15, 0.2) is 5.78 Å². The molecule has 56 valence electrons. The van der Waals surface area contributed by atoms with Crippen LogP contribution in [-0.4, -0.2) is 19.5 Å². The van der Waals surface area contributed by atoms with Gasteiger partial charge in [0.05, 0.1) is 12.7 Å². The molecule has 0 N–H and O–H groups in total. The van der Waals surface area contributed by atoms with Crippen LogP contribution in [0.1, 0.15) is 13.3 Å². The first-order valence-electron chi connectivity index (χ1n) is 3.13. The lowest BCUT2D eigenvalue weighted by atomic mass is 10.1. The van der Waals surface area contributed by atoms with Gasteiger partial charge in [0, 0.05) is 13.5 Å². The van der Waals surface area contributed by atoms with Gasteiger partial charge in [-0.3, -0.25) is 4.79 Å². The number of carbonyl (C=O) groups excluding carboxylic acids is 1. The van der Waals surface area contributed by atoms with Gasteiger partial charge >= 0.3 is 0 Å². The normalized spacial score (nSPS) is 12.1. The van der Waals surface area contributed by atoms with Crippen LogP contribution in [0.4, 0.5) is 0 Å². The fourth-order valence-corrected chi connectivity index (χ4v) is 0.491. The Kier molecular flexibility index (Phi) is 4.51. The molecule has 10 heavy (non-hydrogen) atoms. The Labute approximate surface area is 60.6 Å². The second-order valence-electron chi connectivity index (χ2n) is 2.06. The summed E-state index contributed by atoms with van der Waals surface area (Å²) < 4.78 is 4.68. The molecule has 0 fully saturated rings. The number of Topliss-reactive ketones (excluding diaryl/α,β-unsaturated/α-hetero) is 1. The number of nitriles is 1. The van der Waals surface area contributed by atoms with E-state index in [1.165, 1.54) is 7.11 Å². The third-order valence-corrected chi connectivity index (χ3v) is 1.23. The summed E-state index contributed by atoms with van der Waals surface area (Å²) in [5.41, 5.74) is 0. The molecule has 0 saturated heterocycles. The highest BCUT2D eigenvalue weighted by molar-refractivity contribution is 5.82. The van der Waals surface area contributed by atoms with Crippen molar-refractivity contribution in [2.24, 2.45) is 5.92 Å². The van der Waals surface area contributed by atoms with Crippen LogP contribution in [-0.2, 0) is 9.53 Å². The quantitative estimate of drug-likeness (QED) is 0.580. The Morgan fingerprint density at radius 2 is 2.40 bits per heavy atom. The Morgan fingerprint density at radius 1 is 1.80 bits per heavy atom. The molecule has 0 rings (SSSR count). The van der Waals surface area contributed by atoms with Crippen LogP contribution in [0.15, 0.2) is 0 Å². The number of hydrogen-bond acceptors (Lipinski definition) is 3. The highest BCUT2D eigenvalue weighted by Crippen LogP contribution is 1.97. The SMILES string of the molecule is COCCC(=O)[C@@H](C)C#N. The van der Waals surface area contributed by atoms with Crippen LogP contribution in [0.2, 0.25) is 0 Å². The summed E-state index contributed by atoms with van der Waals surface area (Å²) in [7, 11) is 1.53. The number of ketones is 1. The van der Waals surface area contributed by atoms with Crippen molar-refractivity contribution < 1.29 is 9.53 Å². The van der Waals surface area contributed by atoms with E-state index in [9.17, 15) is 4.79 Å². The number of ether oxygens (including phenoxy) is 1. The minimum atomic E-state index is -0.491. The molecule has 0 amide bonds. The molecule has 3 heteroatoms. The zero-order chi connectivity index (χ0) is 7.98. The Balaban J connectivity index is 3.54. The second-order valence-corrected chi connectivity index (χ2v) is 2.06. The molecule has 0 aromatic heterocycles. The summed E-state index contributed by atoms with van der Waals surface area (Å²) in [6.07, 6.45) is 0.339. The first-order valence-corrected chi connectivity index (χ1v) is 3.13. The minimum Gasteiger partial charge on any atom is -0.384 e. The molecule has 0 aliphatic rings. The summed E-state index contributed by atoms with van der Waals surface area (Å²) in [6, 6.07) is 1.87. The molecule has 0 aliphatic heterocycles. The van der Waals surface area contributed by atoms with E-state index in [1.54, 1.807) is 6.92 Å². The summed E-state index contributed by atoms with van der Waals surface area (Å²) in [6.45, 7) is 2.00. The number of nitrogens with zero attached hydrogens (tertiary/aromatic N) is 1. The fourth-order valence-electron chi connectivity index (χ4n) is 0.491. The summed E-state index contributed by atoms with van der Waals surface area (Å²) in [5.74, 6) is -0.542. The van der Waals surface area contributed by atoms with Gasteiger partial charge in [0.1, 0.15) is 5.92 Å². The van der Waals surface area contributed by atoms with Crippen molar-refractivity contribution in [3.63, 3.8) is 0 Å². The van der Waals surface area contributed by atoms with Crippen LogP contribution < -0.4 is 0 Å². The van der Waals surface area contributed by atoms with E-state index in [0.717, 1.165) is 0 Å². The van der Waals surface area contributed by atoms with Crippen molar-refractivity contribution >= 4 is 5.78 Å². The molecule has 0 spiro atoms. The minimum absolute atomic E-state index is 0.0515. The molecule has 0 unspecified atom stereocenters. The van der Waals surface area contributed by atoms with Crippen molar-refractivity contribution in [2.45, 2.75) is 13.3 Å². The zero-order valence-electron chi connectivity index (χ0n) is 6.26. The molecule has 1 atom stereocenters. The van der Waals surface area contributed by atoms with Gasteiger partial charge in [0.2, 0.25) is 0 Å². The van der Waals surface area contributed by atoms with E-state index in [1.807, 2.05) is 6.07 Å². The van der Waals surface area contributed by atoms with Gasteiger partial charge < -0.3 is 4.74 Å². The van der Waals surface area contributed by atoms with E-state index in [4.69, 9.17) is 5.26 Å². The number of carbonyl (C=O) groups is 1. The lowest BCUT2D eigenvalue weighted by molar-refractivity contribution is -0.121. The molecule has 0 aliphatic carbocycles. The fraction of sp³-hybridized carbons (Fsp3) is 0.714. The molecule has 0 aromatic carbocycles. The first kappa shape index (κ1) is 9.12. The van der Waals surface area contributed by atoms with Gasteiger partial charge in [-0.25, -0.2) is 0 Å². The second kappa shape index (κ2) is 4.95. The third kappa shape index (κ3) is 3.21. The van der Waals surface area contributed by atoms with E-state index >= 15 is 0 Å².